The summed E-state index contributed by atoms with van der Waals surface area (Å²) in [7, 11) is 0. The maximum absolute atomic E-state index is 4.19. The van der Waals surface area contributed by atoms with Crippen LogP contribution in [-0.4, -0.2) is 4.57 Å². The van der Waals surface area contributed by atoms with E-state index < -0.39 is 0 Å². The minimum absolute atomic E-state index is 0.927. The molecule has 2 rings (SSSR count). The topological polar surface area (TPSA) is 8.17 Å². The Morgan fingerprint density at radius 3 is 1.98 bits per heavy atom. The summed E-state index contributed by atoms with van der Waals surface area (Å²) in [6, 6.07) is 6.33. The SMILES string of the molecule is C=C/C=C\C(=C/C=C)N(C(/C=C\C)=C/C=C\C)c1cccc2c1c(/C=C\C=C)c(C=C)n2C(/C=C\C=C)=C/C=C. The summed E-state index contributed by atoms with van der Waals surface area (Å²) in [5.74, 6) is 0. The molecule has 2 aromatic rings. The summed E-state index contributed by atoms with van der Waals surface area (Å²) >= 11 is 0. The molecule has 0 saturated heterocycles. The lowest BCUT2D eigenvalue weighted by Gasteiger charge is -2.28. The fourth-order valence-corrected chi connectivity index (χ4v) is 4.35. The van der Waals surface area contributed by atoms with E-state index in [1.807, 2.05) is 80.7 Å². The van der Waals surface area contributed by atoms with Crippen molar-refractivity contribution in [3.05, 3.63) is 184 Å². The van der Waals surface area contributed by atoms with Gasteiger partial charge in [0.05, 0.1) is 16.9 Å². The Hall–Kier alpha value is -5.08. The second kappa shape index (κ2) is 16.7. The summed E-state index contributed by atoms with van der Waals surface area (Å²) in [4.78, 5) is 2.23. The number of hydrogen-bond acceptors (Lipinski definition) is 1. The average Bonchev–Trinajstić information content (AvgIpc) is 3.29. The maximum atomic E-state index is 4.19. The molecule has 0 saturated carbocycles. The van der Waals surface area contributed by atoms with Gasteiger partial charge in [-0.3, -0.25) is 0 Å². The first kappa shape index (κ1) is 31.1. The van der Waals surface area contributed by atoms with Crippen molar-refractivity contribution < 1.29 is 0 Å². The van der Waals surface area contributed by atoms with Gasteiger partial charge < -0.3 is 9.47 Å². The monoisotopic (exact) mass is 524 g/mol. The van der Waals surface area contributed by atoms with Gasteiger partial charge in [0.25, 0.3) is 0 Å². The number of anilines is 1. The van der Waals surface area contributed by atoms with E-state index in [1.165, 1.54) is 0 Å². The largest absolute Gasteiger partial charge is 0.310 e. The molecule has 0 bridgehead atoms. The zero-order valence-corrected chi connectivity index (χ0v) is 23.8. The third kappa shape index (κ3) is 7.27. The quantitative estimate of drug-likeness (QED) is 0.210. The van der Waals surface area contributed by atoms with Crippen molar-refractivity contribution >= 4 is 34.4 Å². The Morgan fingerprint density at radius 1 is 0.700 bits per heavy atom. The highest BCUT2D eigenvalue weighted by Gasteiger charge is 2.23. The number of benzene rings is 1. The van der Waals surface area contributed by atoms with Crippen molar-refractivity contribution in [2.24, 2.45) is 0 Å². The number of fused-ring (bicyclic) bond motifs is 1. The molecule has 0 fully saturated rings. The van der Waals surface area contributed by atoms with E-state index in [0.29, 0.717) is 0 Å². The second-order valence-corrected chi connectivity index (χ2v) is 8.40. The molecule has 0 atom stereocenters. The highest BCUT2D eigenvalue weighted by molar-refractivity contribution is 6.05. The van der Waals surface area contributed by atoms with Gasteiger partial charge in [-0.1, -0.05) is 118 Å². The van der Waals surface area contributed by atoms with Gasteiger partial charge in [-0.2, -0.15) is 0 Å². The molecule has 2 heteroatoms. The van der Waals surface area contributed by atoms with Crippen molar-refractivity contribution in [3.63, 3.8) is 0 Å². The van der Waals surface area contributed by atoms with Crippen LogP contribution < -0.4 is 4.90 Å². The number of allylic oxidation sites excluding steroid dienone is 18. The van der Waals surface area contributed by atoms with Crippen molar-refractivity contribution in [2.75, 3.05) is 4.90 Å². The molecule has 0 unspecified atom stereocenters. The van der Waals surface area contributed by atoms with Gasteiger partial charge in [-0.05, 0) is 68.5 Å². The first-order valence-electron chi connectivity index (χ1n) is 13.2. The van der Waals surface area contributed by atoms with Crippen LogP contribution in [0.5, 0.6) is 0 Å². The van der Waals surface area contributed by atoms with Crippen molar-refractivity contribution in [1.29, 1.82) is 0 Å². The Bertz CT molecular complexity index is 1500. The Kier molecular flexibility index (Phi) is 13.0. The molecule has 0 radical (unpaired) electrons. The average molecular weight is 525 g/mol. The number of aromatic nitrogens is 1. The fraction of sp³-hybridized carbons (Fsp3) is 0.0526. The molecule has 0 aliphatic carbocycles. The van der Waals surface area contributed by atoms with Gasteiger partial charge in [0.1, 0.15) is 0 Å². The molecule has 0 amide bonds. The molecule has 1 aromatic heterocycles. The summed E-state index contributed by atoms with van der Waals surface area (Å²) in [6.45, 7) is 27.8. The van der Waals surface area contributed by atoms with Gasteiger partial charge in [0.2, 0.25) is 0 Å². The highest BCUT2D eigenvalue weighted by atomic mass is 15.2. The lowest BCUT2D eigenvalue weighted by molar-refractivity contribution is 1.14. The molecular weight excluding hydrogens is 484 g/mol. The Labute approximate surface area is 241 Å². The Morgan fingerprint density at radius 2 is 1.38 bits per heavy atom. The third-order valence-corrected chi connectivity index (χ3v) is 5.84. The predicted octanol–water partition coefficient (Wildman–Crippen LogP) is 10.9. The second-order valence-electron chi connectivity index (χ2n) is 8.40. The number of nitrogens with zero attached hydrogens (tertiary/aromatic N) is 2. The van der Waals surface area contributed by atoms with Gasteiger partial charge >= 0.3 is 0 Å². The van der Waals surface area contributed by atoms with Crippen LogP contribution in [0.2, 0.25) is 0 Å². The minimum atomic E-state index is 0.927. The molecule has 0 spiro atoms. The smallest absolute Gasteiger partial charge is 0.0562 e. The van der Waals surface area contributed by atoms with Gasteiger partial charge in [-0.25, -0.2) is 0 Å². The third-order valence-electron chi connectivity index (χ3n) is 5.84. The Balaban J connectivity index is 3.28. The van der Waals surface area contributed by atoms with E-state index in [4.69, 9.17) is 0 Å². The first-order chi connectivity index (χ1) is 19.6. The summed E-state index contributed by atoms with van der Waals surface area (Å²) in [5, 5.41) is 1.05. The first-order valence-corrected chi connectivity index (χ1v) is 13.2. The zero-order chi connectivity index (χ0) is 29.3. The molecule has 2 nitrogen and oxygen atoms in total. The van der Waals surface area contributed by atoms with Crippen LogP contribution in [0.4, 0.5) is 5.69 Å². The maximum Gasteiger partial charge on any atom is 0.0562 e. The molecule has 0 N–H and O–H groups in total. The summed E-state index contributed by atoms with van der Waals surface area (Å²) < 4.78 is 2.19. The highest BCUT2D eigenvalue weighted by Crippen LogP contribution is 2.41. The van der Waals surface area contributed by atoms with Crippen molar-refractivity contribution in [2.45, 2.75) is 13.8 Å². The van der Waals surface area contributed by atoms with E-state index in [2.05, 4.69) is 85.4 Å². The summed E-state index contributed by atoms with van der Waals surface area (Å²) in [6.07, 6.45) is 36.9. The summed E-state index contributed by atoms with van der Waals surface area (Å²) in [5.41, 5.74) is 6.81. The molecule has 202 valence electrons. The number of hydrogen-bond donors (Lipinski definition) is 0. The lowest BCUT2D eigenvalue weighted by atomic mass is 10.0. The van der Waals surface area contributed by atoms with E-state index in [-0.39, 0.29) is 0 Å². The standard InChI is InChI=1S/C38H40N2/c1-9-17-25-31(22-13-5)39(32(23-14-6)26-18-10-2)36-29-21-30-37-38(36)34(28-20-12-4)35(16-8)40(37)33(24-15-7)27-19-11-3/h9-30H,1,3-5,7-8H2,2,6H3/b18-10-,23-14-,25-17-,27-19-,28-20-,31-22+,32-26+,33-24+. The van der Waals surface area contributed by atoms with Crippen molar-refractivity contribution in [1.82, 2.24) is 4.57 Å². The van der Waals surface area contributed by atoms with Gasteiger partial charge in [-0.15, -0.1) is 0 Å². The molecule has 0 aliphatic rings. The van der Waals surface area contributed by atoms with E-state index in [9.17, 15) is 0 Å². The van der Waals surface area contributed by atoms with Gasteiger partial charge in [0.15, 0.2) is 0 Å². The van der Waals surface area contributed by atoms with E-state index in [0.717, 1.165) is 44.9 Å². The fourth-order valence-electron chi connectivity index (χ4n) is 4.35. The normalized spacial score (nSPS) is 13.3. The predicted molar refractivity (Wildman–Crippen MR) is 183 cm³/mol. The lowest BCUT2D eigenvalue weighted by Crippen LogP contribution is -2.20. The molecule has 1 heterocycles. The molecule has 1 aromatic carbocycles. The van der Waals surface area contributed by atoms with Crippen LogP contribution in [-0.2, 0) is 0 Å². The van der Waals surface area contributed by atoms with Crippen LogP contribution in [0.1, 0.15) is 25.1 Å². The zero-order valence-electron chi connectivity index (χ0n) is 23.8. The van der Waals surface area contributed by atoms with Crippen LogP contribution in [0.25, 0.3) is 28.8 Å². The van der Waals surface area contributed by atoms with Crippen LogP contribution in [0, 0.1) is 0 Å². The number of rotatable bonds is 15. The minimum Gasteiger partial charge on any atom is -0.310 e. The van der Waals surface area contributed by atoms with Gasteiger partial charge in [0, 0.05) is 28.0 Å². The molecule has 40 heavy (non-hydrogen) atoms. The van der Waals surface area contributed by atoms with Crippen LogP contribution in [0.15, 0.2) is 172 Å². The molecular formula is C38H40N2. The van der Waals surface area contributed by atoms with E-state index in [1.54, 1.807) is 30.4 Å². The van der Waals surface area contributed by atoms with E-state index >= 15 is 0 Å². The van der Waals surface area contributed by atoms with Crippen LogP contribution in [0.3, 0.4) is 0 Å². The van der Waals surface area contributed by atoms with Crippen molar-refractivity contribution in [3.8, 4) is 0 Å². The van der Waals surface area contributed by atoms with Crippen LogP contribution >= 0.6 is 0 Å². The molecule has 0 aliphatic heterocycles.